The third-order valence-electron chi connectivity index (χ3n) is 5.09. The number of nitrogens with zero attached hydrogens (tertiary/aromatic N) is 2. The van der Waals surface area contributed by atoms with E-state index in [0.29, 0.717) is 18.9 Å². The third kappa shape index (κ3) is 5.64. The van der Waals surface area contributed by atoms with Gasteiger partial charge in [-0.15, -0.1) is 0 Å². The van der Waals surface area contributed by atoms with Crippen LogP contribution in [0.5, 0.6) is 11.5 Å². The molecular weight excluding hydrogens is 350 g/mol. The normalized spacial score (nSPS) is 16.0. The van der Waals surface area contributed by atoms with Crippen molar-refractivity contribution < 1.29 is 9.47 Å². The van der Waals surface area contributed by atoms with Crippen molar-refractivity contribution in [1.29, 1.82) is 5.26 Å². The van der Waals surface area contributed by atoms with Crippen molar-refractivity contribution in [2.24, 2.45) is 5.92 Å². The predicted octanol–water partition coefficient (Wildman–Crippen LogP) is 3.99. The van der Waals surface area contributed by atoms with E-state index in [4.69, 9.17) is 14.7 Å². The van der Waals surface area contributed by atoms with Gasteiger partial charge in [0.1, 0.15) is 0 Å². The topological polar surface area (TPSA) is 57.5 Å². The van der Waals surface area contributed by atoms with Gasteiger partial charge in [-0.2, -0.15) is 5.26 Å². The Morgan fingerprint density at radius 2 is 2.04 bits per heavy atom. The van der Waals surface area contributed by atoms with Gasteiger partial charge < -0.3 is 19.7 Å². The fourth-order valence-corrected chi connectivity index (χ4v) is 3.57. The monoisotopic (exact) mass is 379 g/mol. The van der Waals surface area contributed by atoms with Crippen LogP contribution in [0.4, 0.5) is 5.69 Å². The van der Waals surface area contributed by atoms with Crippen molar-refractivity contribution in [2.45, 2.75) is 25.8 Å². The number of nitrogens with one attached hydrogen (secondary N) is 1. The van der Waals surface area contributed by atoms with E-state index in [0.717, 1.165) is 44.1 Å². The lowest BCUT2D eigenvalue weighted by molar-refractivity contribution is 0.290. The Balaban J connectivity index is 1.46. The molecule has 0 saturated carbocycles. The van der Waals surface area contributed by atoms with Crippen LogP contribution in [0.2, 0.25) is 0 Å². The molecule has 1 atom stereocenters. The fraction of sp³-hybridized carbons (Fsp3) is 0.435. The van der Waals surface area contributed by atoms with Gasteiger partial charge in [0.15, 0.2) is 11.5 Å². The molecule has 1 N–H and O–H groups in total. The highest BCUT2D eigenvalue weighted by molar-refractivity contribution is 5.47. The van der Waals surface area contributed by atoms with Crippen molar-refractivity contribution in [2.75, 3.05) is 38.3 Å². The summed E-state index contributed by atoms with van der Waals surface area (Å²) in [5, 5.41) is 12.2. The summed E-state index contributed by atoms with van der Waals surface area (Å²) in [6, 6.07) is 18.8. The quantitative estimate of drug-likeness (QED) is 0.633. The standard InChI is InChI=1S/C23H29N3O2/c1-27-22-10-9-19(15-23(22)28-14-6-5-12-24)16-25-17-20-11-13-26(18-20)21-7-3-2-4-8-21/h2-4,7-10,15,20,25H,5-6,11,13-14,16-18H2,1H3. The summed E-state index contributed by atoms with van der Waals surface area (Å²) in [5.41, 5.74) is 2.49. The molecule has 3 rings (SSSR count). The molecule has 1 unspecified atom stereocenters. The highest BCUT2D eigenvalue weighted by atomic mass is 16.5. The molecule has 0 bridgehead atoms. The smallest absolute Gasteiger partial charge is 0.161 e. The number of hydrogen-bond acceptors (Lipinski definition) is 5. The zero-order valence-corrected chi connectivity index (χ0v) is 16.6. The second-order valence-electron chi connectivity index (χ2n) is 7.16. The summed E-state index contributed by atoms with van der Waals surface area (Å²) in [6.45, 7) is 4.57. The number of rotatable bonds is 10. The largest absolute Gasteiger partial charge is 0.493 e. The van der Waals surface area contributed by atoms with Crippen LogP contribution in [0.25, 0.3) is 0 Å². The first-order valence-corrected chi connectivity index (χ1v) is 9.97. The van der Waals surface area contributed by atoms with Crippen molar-refractivity contribution >= 4 is 5.69 Å². The van der Waals surface area contributed by atoms with E-state index < -0.39 is 0 Å². The zero-order chi connectivity index (χ0) is 19.6. The van der Waals surface area contributed by atoms with E-state index in [-0.39, 0.29) is 0 Å². The van der Waals surface area contributed by atoms with Gasteiger partial charge in [-0.3, -0.25) is 0 Å². The van der Waals surface area contributed by atoms with Crippen molar-refractivity contribution in [3.05, 3.63) is 54.1 Å². The molecule has 0 radical (unpaired) electrons. The van der Waals surface area contributed by atoms with Gasteiger partial charge in [0.05, 0.1) is 19.8 Å². The number of benzene rings is 2. The second-order valence-corrected chi connectivity index (χ2v) is 7.16. The minimum atomic E-state index is 0.505. The van der Waals surface area contributed by atoms with Gasteiger partial charge in [-0.05, 0) is 48.6 Å². The van der Waals surface area contributed by atoms with Crippen LogP contribution in [0.15, 0.2) is 48.5 Å². The molecule has 28 heavy (non-hydrogen) atoms. The maximum atomic E-state index is 8.63. The van der Waals surface area contributed by atoms with Gasteiger partial charge >= 0.3 is 0 Å². The lowest BCUT2D eigenvalue weighted by Gasteiger charge is -2.19. The van der Waals surface area contributed by atoms with Crippen LogP contribution < -0.4 is 19.7 Å². The Morgan fingerprint density at radius 1 is 1.18 bits per heavy atom. The predicted molar refractivity (Wildman–Crippen MR) is 112 cm³/mol. The molecule has 0 aliphatic carbocycles. The van der Waals surface area contributed by atoms with Gasteiger partial charge in [0.25, 0.3) is 0 Å². The zero-order valence-electron chi connectivity index (χ0n) is 16.6. The Kier molecular flexibility index (Phi) is 7.57. The minimum absolute atomic E-state index is 0.505. The summed E-state index contributed by atoms with van der Waals surface area (Å²) in [6.07, 6.45) is 2.45. The average Bonchev–Trinajstić information content (AvgIpc) is 3.21. The van der Waals surface area contributed by atoms with Crippen LogP contribution in [-0.2, 0) is 6.54 Å². The molecule has 1 fully saturated rings. The second kappa shape index (κ2) is 10.6. The van der Waals surface area contributed by atoms with E-state index in [1.807, 2.05) is 12.1 Å². The molecule has 5 heteroatoms. The summed E-state index contributed by atoms with van der Waals surface area (Å²) in [4.78, 5) is 2.47. The molecule has 0 amide bonds. The summed E-state index contributed by atoms with van der Waals surface area (Å²) in [5.74, 6) is 2.14. The van der Waals surface area contributed by atoms with Crippen LogP contribution >= 0.6 is 0 Å². The highest BCUT2D eigenvalue weighted by Gasteiger charge is 2.22. The maximum Gasteiger partial charge on any atom is 0.161 e. The van der Waals surface area contributed by atoms with Gasteiger partial charge in [-0.1, -0.05) is 24.3 Å². The van der Waals surface area contributed by atoms with Crippen molar-refractivity contribution in [1.82, 2.24) is 5.32 Å². The highest BCUT2D eigenvalue weighted by Crippen LogP contribution is 2.28. The van der Waals surface area contributed by atoms with Crippen LogP contribution in [0.3, 0.4) is 0 Å². The third-order valence-corrected chi connectivity index (χ3v) is 5.09. The summed E-state index contributed by atoms with van der Waals surface area (Å²) >= 11 is 0. The molecule has 1 heterocycles. The number of unbranched alkanes of at least 4 members (excludes halogenated alkanes) is 1. The first kappa shape index (κ1) is 20.0. The molecule has 2 aromatic rings. The van der Waals surface area contributed by atoms with E-state index >= 15 is 0 Å². The Hall–Kier alpha value is -2.71. The molecule has 148 valence electrons. The Morgan fingerprint density at radius 3 is 2.82 bits per heavy atom. The van der Waals surface area contributed by atoms with Gasteiger partial charge in [0, 0.05) is 38.3 Å². The van der Waals surface area contributed by atoms with E-state index in [1.165, 1.54) is 17.7 Å². The van der Waals surface area contributed by atoms with Crippen molar-refractivity contribution in [3.63, 3.8) is 0 Å². The molecule has 1 saturated heterocycles. The first-order chi connectivity index (χ1) is 13.8. The fourth-order valence-electron chi connectivity index (χ4n) is 3.57. The number of para-hydroxylation sites is 1. The number of hydrogen-bond donors (Lipinski definition) is 1. The Labute approximate surface area is 167 Å². The first-order valence-electron chi connectivity index (χ1n) is 9.97. The lowest BCUT2D eigenvalue weighted by atomic mass is 10.1. The lowest BCUT2D eigenvalue weighted by Crippen LogP contribution is -2.26. The van der Waals surface area contributed by atoms with Crippen LogP contribution in [-0.4, -0.2) is 33.4 Å². The average molecular weight is 380 g/mol. The number of anilines is 1. The van der Waals surface area contributed by atoms with Crippen LogP contribution in [0.1, 0.15) is 24.8 Å². The Bertz CT molecular complexity index is 773. The maximum absolute atomic E-state index is 8.63. The number of methoxy groups -OCH3 is 1. The van der Waals surface area contributed by atoms with E-state index in [2.05, 4.69) is 52.7 Å². The SMILES string of the molecule is COc1ccc(CNCC2CCN(c3ccccc3)C2)cc1OCCCC#N. The van der Waals surface area contributed by atoms with E-state index in [1.54, 1.807) is 7.11 Å². The van der Waals surface area contributed by atoms with E-state index in [9.17, 15) is 0 Å². The molecule has 0 aromatic heterocycles. The minimum Gasteiger partial charge on any atom is -0.493 e. The molecule has 1 aliphatic heterocycles. The molecule has 5 nitrogen and oxygen atoms in total. The molecular formula is C23H29N3O2. The number of nitriles is 1. The molecule has 1 aliphatic rings. The molecule has 2 aromatic carbocycles. The van der Waals surface area contributed by atoms with Crippen LogP contribution in [0, 0.1) is 17.2 Å². The van der Waals surface area contributed by atoms with Gasteiger partial charge in [0.2, 0.25) is 0 Å². The van der Waals surface area contributed by atoms with Crippen molar-refractivity contribution in [3.8, 4) is 17.6 Å². The van der Waals surface area contributed by atoms with Gasteiger partial charge in [-0.25, -0.2) is 0 Å². The summed E-state index contributed by atoms with van der Waals surface area (Å²) in [7, 11) is 1.65. The summed E-state index contributed by atoms with van der Waals surface area (Å²) < 4.78 is 11.2. The number of ether oxygens (including phenoxy) is 2. The molecule has 0 spiro atoms.